The number of halogens is 2. The Kier molecular flexibility index (Phi) is 7.62. The van der Waals surface area contributed by atoms with Gasteiger partial charge in [-0.1, -0.05) is 61.3 Å². The van der Waals surface area contributed by atoms with Gasteiger partial charge >= 0.3 is 11.9 Å². The van der Waals surface area contributed by atoms with Crippen molar-refractivity contribution in [3.05, 3.63) is 117 Å². The van der Waals surface area contributed by atoms with E-state index >= 15 is 0 Å². The number of hydrogen-bond donors (Lipinski definition) is 0. The molecule has 0 radical (unpaired) electrons. The van der Waals surface area contributed by atoms with Gasteiger partial charge in [0.2, 0.25) is 0 Å². The summed E-state index contributed by atoms with van der Waals surface area (Å²) in [7, 11) is 0. The highest BCUT2D eigenvalue weighted by atomic mass is 35.5. The van der Waals surface area contributed by atoms with Crippen molar-refractivity contribution in [2.24, 2.45) is 0 Å². The molecule has 188 valence electrons. The first-order valence-corrected chi connectivity index (χ1v) is 12.2. The lowest BCUT2D eigenvalue weighted by molar-refractivity contribution is 0.0723. The molecule has 0 saturated carbocycles. The summed E-state index contributed by atoms with van der Waals surface area (Å²) in [6, 6.07) is 17.8. The number of aromatic nitrogens is 2. The predicted molar refractivity (Wildman–Crippen MR) is 143 cm³/mol. The molecule has 2 heterocycles. The van der Waals surface area contributed by atoms with Crippen LogP contribution in [0, 0.1) is 13.8 Å². The van der Waals surface area contributed by atoms with Gasteiger partial charge < -0.3 is 9.47 Å². The number of carbonyl (C=O) groups excluding carboxylic acids is 2. The number of aryl methyl sites for hydroxylation is 2. The molecule has 0 aliphatic heterocycles. The highest BCUT2D eigenvalue weighted by Crippen LogP contribution is 2.36. The van der Waals surface area contributed by atoms with Crippen molar-refractivity contribution in [2.45, 2.75) is 33.1 Å². The summed E-state index contributed by atoms with van der Waals surface area (Å²) in [5.74, 6) is -0.253. The van der Waals surface area contributed by atoms with Crippen molar-refractivity contribution in [1.82, 2.24) is 9.97 Å². The second kappa shape index (κ2) is 10.7. The van der Waals surface area contributed by atoms with E-state index in [1.165, 1.54) is 12.4 Å². The highest BCUT2D eigenvalue weighted by Gasteiger charge is 2.26. The predicted octanol–water partition coefficient (Wildman–Crippen LogP) is 7.16. The van der Waals surface area contributed by atoms with Crippen molar-refractivity contribution in [1.29, 1.82) is 0 Å². The number of pyridine rings is 2. The van der Waals surface area contributed by atoms with Crippen molar-refractivity contribution < 1.29 is 19.1 Å². The van der Waals surface area contributed by atoms with Crippen molar-refractivity contribution in [3.8, 4) is 11.5 Å². The third kappa shape index (κ3) is 5.66. The van der Waals surface area contributed by atoms with Crippen molar-refractivity contribution in [2.75, 3.05) is 0 Å². The Hall–Kier alpha value is -3.74. The number of nitrogens with zero attached hydrogens (tertiary/aromatic N) is 2. The summed E-state index contributed by atoms with van der Waals surface area (Å²) in [6.45, 7) is 7.95. The second-order valence-electron chi connectivity index (χ2n) is 9.05. The van der Waals surface area contributed by atoms with E-state index in [9.17, 15) is 9.59 Å². The van der Waals surface area contributed by atoms with Gasteiger partial charge in [0.1, 0.15) is 21.8 Å². The van der Waals surface area contributed by atoms with E-state index in [0.717, 1.165) is 22.3 Å². The zero-order valence-corrected chi connectivity index (χ0v) is 22.2. The van der Waals surface area contributed by atoms with Crippen LogP contribution in [0.1, 0.15) is 56.8 Å². The van der Waals surface area contributed by atoms with Crippen LogP contribution in [0.2, 0.25) is 10.3 Å². The van der Waals surface area contributed by atoms with E-state index in [-0.39, 0.29) is 26.8 Å². The molecule has 0 bridgehead atoms. The van der Waals surface area contributed by atoms with Gasteiger partial charge in [0, 0.05) is 17.8 Å². The quantitative estimate of drug-likeness (QED) is 0.148. The number of carbonyl (C=O) groups is 2. The van der Waals surface area contributed by atoms with Crippen molar-refractivity contribution >= 4 is 35.1 Å². The van der Waals surface area contributed by atoms with E-state index in [4.69, 9.17) is 32.7 Å². The number of esters is 2. The van der Waals surface area contributed by atoms with Crippen LogP contribution < -0.4 is 9.47 Å². The van der Waals surface area contributed by atoms with E-state index in [2.05, 4.69) is 23.8 Å². The number of hydrogen-bond acceptors (Lipinski definition) is 6. The van der Waals surface area contributed by atoms with Crippen LogP contribution in [0.25, 0.3) is 0 Å². The fourth-order valence-electron chi connectivity index (χ4n) is 3.86. The van der Waals surface area contributed by atoms with Gasteiger partial charge in [0.15, 0.2) is 0 Å². The summed E-state index contributed by atoms with van der Waals surface area (Å²) >= 11 is 12.0. The molecule has 0 aliphatic carbocycles. The van der Waals surface area contributed by atoms with Crippen LogP contribution in [0.5, 0.6) is 11.5 Å². The normalized spacial score (nSPS) is 11.2. The maximum absolute atomic E-state index is 12.6. The van der Waals surface area contributed by atoms with E-state index in [0.29, 0.717) is 11.5 Å². The highest BCUT2D eigenvalue weighted by molar-refractivity contribution is 6.32. The minimum Gasteiger partial charge on any atom is -0.423 e. The molecule has 2 aromatic carbocycles. The van der Waals surface area contributed by atoms with E-state index in [1.807, 2.05) is 38.1 Å². The van der Waals surface area contributed by atoms with Crippen LogP contribution >= 0.6 is 23.2 Å². The third-order valence-electron chi connectivity index (χ3n) is 6.16. The molecule has 0 amide bonds. The average molecular weight is 535 g/mol. The minimum atomic E-state index is -0.568. The Morgan fingerprint density at radius 1 is 0.703 bits per heavy atom. The molecule has 4 aromatic rings. The zero-order valence-electron chi connectivity index (χ0n) is 20.7. The van der Waals surface area contributed by atoms with Gasteiger partial charge in [-0.2, -0.15) is 0 Å². The van der Waals surface area contributed by atoms with Crippen LogP contribution in [-0.2, 0) is 5.41 Å². The largest absolute Gasteiger partial charge is 0.423 e. The smallest absolute Gasteiger partial charge is 0.346 e. The molecule has 8 heteroatoms. The van der Waals surface area contributed by atoms with Gasteiger partial charge in [0.05, 0.1) is 11.1 Å². The first kappa shape index (κ1) is 26.3. The summed E-state index contributed by atoms with van der Waals surface area (Å²) in [5.41, 5.74) is 3.67. The van der Waals surface area contributed by atoms with Crippen LogP contribution in [0.4, 0.5) is 0 Å². The van der Waals surface area contributed by atoms with Gasteiger partial charge in [-0.15, -0.1) is 0 Å². The standard InChI is InChI=1S/C29H24Cl2N2O4/c1-17-15-19(9-11-23(17)36-27(34)21-7-5-13-32-25(21)30)29(3,4)20-10-12-24(18(2)16-20)37-28(35)22-8-6-14-33-26(22)31/h5-16H,1-4H3. The molecule has 37 heavy (non-hydrogen) atoms. The lowest BCUT2D eigenvalue weighted by Gasteiger charge is -2.27. The van der Waals surface area contributed by atoms with Crippen LogP contribution in [0.15, 0.2) is 73.1 Å². The Balaban J connectivity index is 1.54. The first-order chi connectivity index (χ1) is 17.6. The molecule has 4 rings (SSSR count). The monoisotopic (exact) mass is 534 g/mol. The maximum atomic E-state index is 12.6. The third-order valence-corrected chi connectivity index (χ3v) is 6.76. The van der Waals surface area contributed by atoms with Gasteiger partial charge in [-0.05, 0) is 72.5 Å². The molecule has 0 atom stereocenters. The lowest BCUT2D eigenvalue weighted by Crippen LogP contribution is -2.20. The number of rotatable bonds is 6. The molecule has 0 unspecified atom stereocenters. The molecule has 0 aliphatic rings. The first-order valence-electron chi connectivity index (χ1n) is 11.5. The Morgan fingerprint density at radius 2 is 1.11 bits per heavy atom. The van der Waals surface area contributed by atoms with Crippen LogP contribution in [0.3, 0.4) is 0 Å². The summed E-state index contributed by atoms with van der Waals surface area (Å²) < 4.78 is 11.2. The SMILES string of the molecule is Cc1cc(C(C)(C)c2ccc(OC(=O)c3cccnc3Cl)c(C)c2)ccc1OC(=O)c1cccnc1Cl. The summed E-state index contributed by atoms with van der Waals surface area (Å²) in [5, 5.41) is 0.187. The minimum absolute atomic E-state index is 0.0935. The lowest BCUT2D eigenvalue weighted by atomic mass is 9.77. The Labute approximate surface area is 225 Å². The average Bonchev–Trinajstić information content (AvgIpc) is 2.86. The molecule has 0 N–H and O–H groups in total. The number of benzene rings is 2. The molecule has 6 nitrogen and oxygen atoms in total. The molecular formula is C29H24Cl2N2O4. The molecular weight excluding hydrogens is 511 g/mol. The fraction of sp³-hybridized carbons (Fsp3) is 0.172. The van der Waals surface area contributed by atoms with Crippen molar-refractivity contribution in [3.63, 3.8) is 0 Å². The Morgan fingerprint density at radius 3 is 1.46 bits per heavy atom. The molecule has 0 spiro atoms. The number of ether oxygens (including phenoxy) is 2. The fourth-order valence-corrected chi connectivity index (χ4v) is 4.25. The van der Waals surface area contributed by atoms with Gasteiger partial charge in [-0.3, -0.25) is 0 Å². The summed E-state index contributed by atoms with van der Waals surface area (Å²) in [6.07, 6.45) is 3.02. The topological polar surface area (TPSA) is 78.4 Å². The maximum Gasteiger partial charge on any atom is 0.346 e. The molecule has 0 saturated heterocycles. The summed E-state index contributed by atoms with van der Waals surface area (Å²) in [4.78, 5) is 32.9. The second-order valence-corrected chi connectivity index (χ2v) is 9.76. The van der Waals surface area contributed by atoms with Gasteiger partial charge in [0.25, 0.3) is 0 Å². The molecule has 0 fully saturated rings. The Bertz CT molecular complexity index is 1390. The zero-order chi connectivity index (χ0) is 26.7. The van der Waals surface area contributed by atoms with Crippen LogP contribution in [-0.4, -0.2) is 21.9 Å². The molecule has 2 aromatic heterocycles. The van der Waals surface area contributed by atoms with E-state index < -0.39 is 11.9 Å². The van der Waals surface area contributed by atoms with Gasteiger partial charge in [-0.25, -0.2) is 19.6 Å². The van der Waals surface area contributed by atoms with E-state index in [1.54, 1.807) is 36.4 Å².